The van der Waals surface area contributed by atoms with Gasteiger partial charge in [0.15, 0.2) is 5.82 Å². The quantitative estimate of drug-likeness (QED) is 0.703. The van der Waals surface area contributed by atoms with Crippen LogP contribution in [0.4, 0.5) is 0 Å². The van der Waals surface area contributed by atoms with Gasteiger partial charge in [-0.3, -0.25) is 4.90 Å². The number of aromatic nitrogens is 2. The highest BCUT2D eigenvalue weighted by Crippen LogP contribution is 2.26. The molecule has 2 heterocycles. The fourth-order valence-electron chi connectivity index (χ4n) is 3.15. The van der Waals surface area contributed by atoms with Crippen molar-refractivity contribution in [3.8, 4) is 0 Å². The van der Waals surface area contributed by atoms with Crippen LogP contribution in [0.25, 0.3) is 0 Å². The molecule has 1 aliphatic rings. The molecule has 1 fully saturated rings. The van der Waals surface area contributed by atoms with E-state index in [1.54, 1.807) is 0 Å². The maximum Gasteiger partial charge on any atom is 0.243 e. The smallest absolute Gasteiger partial charge is 0.243 e. The number of rotatable bonds is 5. The van der Waals surface area contributed by atoms with Crippen molar-refractivity contribution in [1.82, 2.24) is 19.3 Å². The largest absolute Gasteiger partial charge is 0.338 e. The first-order valence-corrected chi connectivity index (χ1v) is 12.5. The van der Waals surface area contributed by atoms with Gasteiger partial charge < -0.3 is 4.52 Å². The second-order valence-corrected chi connectivity index (χ2v) is 11.8. The first kappa shape index (κ1) is 22.8. The molecule has 0 amide bonds. The van der Waals surface area contributed by atoms with Crippen LogP contribution in [-0.4, -0.2) is 62.4 Å². The van der Waals surface area contributed by atoms with Crippen LogP contribution in [0, 0.1) is 0 Å². The van der Waals surface area contributed by atoms with Crippen molar-refractivity contribution in [2.24, 2.45) is 5.14 Å². The third-order valence-corrected chi connectivity index (χ3v) is 7.92. The van der Waals surface area contributed by atoms with Crippen LogP contribution in [0.15, 0.2) is 38.6 Å². The minimum Gasteiger partial charge on any atom is -0.338 e. The van der Waals surface area contributed by atoms with Crippen molar-refractivity contribution in [3.05, 3.63) is 36.0 Å². The molecule has 1 saturated heterocycles. The van der Waals surface area contributed by atoms with E-state index in [-0.39, 0.29) is 21.2 Å². The molecule has 1 unspecified atom stereocenters. The standard InChI is InChI=1S/C18H27N5O5S2/c1-13(16-20-17(21-28-16)18(2,3)4)22-9-11-23(12-10-22)30(26,27)15-7-5-14(6-8-15)29(19,24)25/h5-8,13H,9-12H2,1-4H3,(H2,19,24,25). The number of nitrogens with two attached hydrogens (primary N) is 1. The lowest BCUT2D eigenvalue weighted by Gasteiger charge is -2.36. The van der Waals surface area contributed by atoms with Crippen molar-refractivity contribution in [1.29, 1.82) is 0 Å². The normalized spacial score (nSPS) is 18.4. The Labute approximate surface area is 177 Å². The van der Waals surface area contributed by atoms with Crippen LogP contribution in [0.2, 0.25) is 0 Å². The van der Waals surface area contributed by atoms with E-state index in [4.69, 9.17) is 9.66 Å². The Morgan fingerprint density at radius 3 is 2.00 bits per heavy atom. The molecule has 30 heavy (non-hydrogen) atoms. The van der Waals surface area contributed by atoms with Gasteiger partial charge in [0.2, 0.25) is 25.9 Å². The second kappa shape index (κ2) is 8.00. The predicted molar refractivity (Wildman–Crippen MR) is 110 cm³/mol. The Balaban J connectivity index is 1.68. The van der Waals surface area contributed by atoms with E-state index in [1.165, 1.54) is 28.6 Å². The van der Waals surface area contributed by atoms with Gasteiger partial charge in [-0.05, 0) is 31.2 Å². The first-order chi connectivity index (χ1) is 13.8. The van der Waals surface area contributed by atoms with E-state index in [0.29, 0.717) is 37.9 Å². The van der Waals surface area contributed by atoms with Gasteiger partial charge in [-0.25, -0.2) is 22.0 Å². The van der Waals surface area contributed by atoms with Crippen LogP contribution < -0.4 is 5.14 Å². The molecule has 3 rings (SSSR count). The zero-order valence-corrected chi connectivity index (χ0v) is 19.1. The molecular weight excluding hydrogens is 430 g/mol. The Bertz CT molecular complexity index is 1100. The van der Waals surface area contributed by atoms with Gasteiger partial charge in [0, 0.05) is 31.6 Å². The van der Waals surface area contributed by atoms with Crippen molar-refractivity contribution in [2.45, 2.75) is 48.9 Å². The minimum absolute atomic E-state index is 0.0307. The van der Waals surface area contributed by atoms with Gasteiger partial charge in [0.25, 0.3) is 0 Å². The number of primary sulfonamides is 1. The third-order valence-electron chi connectivity index (χ3n) is 5.08. The Morgan fingerprint density at radius 1 is 1.00 bits per heavy atom. The minimum atomic E-state index is -3.88. The Morgan fingerprint density at radius 2 is 1.53 bits per heavy atom. The van der Waals surface area contributed by atoms with Crippen LogP contribution in [0.3, 0.4) is 0 Å². The summed E-state index contributed by atoms with van der Waals surface area (Å²) in [6.45, 7) is 9.57. The molecule has 1 aliphatic heterocycles. The van der Waals surface area contributed by atoms with Crippen LogP contribution in [0.1, 0.15) is 45.5 Å². The summed E-state index contributed by atoms with van der Waals surface area (Å²) >= 11 is 0. The van der Waals surface area contributed by atoms with E-state index in [1.807, 2.05) is 27.7 Å². The molecule has 0 saturated carbocycles. The molecule has 166 valence electrons. The average molecular weight is 458 g/mol. The summed E-state index contributed by atoms with van der Waals surface area (Å²) in [6.07, 6.45) is 0. The molecular formula is C18H27N5O5S2. The van der Waals surface area contributed by atoms with Gasteiger partial charge in [0.05, 0.1) is 15.8 Å². The maximum absolute atomic E-state index is 12.9. The fraction of sp³-hybridized carbons (Fsp3) is 0.556. The van der Waals surface area contributed by atoms with Crippen molar-refractivity contribution in [2.75, 3.05) is 26.2 Å². The molecule has 0 radical (unpaired) electrons. The first-order valence-electron chi connectivity index (χ1n) is 9.51. The molecule has 2 N–H and O–H groups in total. The fourth-order valence-corrected chi connectivity index (χ4v) is 5.08. The topological polar surface area (TPSA) is 140 Å². The molecule has 2 aromatic rings. The van der Waals surface area contributed by atoms with Gasteiger partial charge in [0.1, 0.15) is 0 Å². The lowest BCUT2D eigenvalue weighted by atomic mass is 9.96. The molecule has 1 atom stereocenters. The number of hydrogen-bond acceptors (Lipinski definition) is 8. The van der Waals surface area contributed by atoms with Crippen LogP contribution in [-0.2, 0) is 25.5 Å². The summed E-state index contributed by atoms with van der Waals surface area (Å²) in [7, 11) is -7.61. The number of benzene rings is 1. The SMILES string of the molecule is CC(c1nc(C(C)(C)C)no1)N1CCN(S(=O)(=O)c2ccc(S(N)(=O)=O)cc2)CC1. The zero-order valence-electron chi connectivity index (χ0n) is 17.4. The van der Waals surface area contributed by atoms with E-state index < -0.39 is 20.0 Å². The molecule has 10 nitrogen and oxygen atoms in total. The monoisotopic (exact) mass is 457 g/mol. The highest BCUT2D eigenvalue weighted by molar-refractivity contribution is 7.89. The summed E-state index contributed by atoms with van der Waals surface area (Å²) in [5.41, 5.74) is -0.215. The second-order valence-electron chi connectivity index (χ2n) is 8.34. The number of sulfonamides is 2. The van der Waals surface area contributed by atoms with Gasteiger partial charge in [-0.15, -0.1) is 0 Å². The summed E-state index contributed by atoms with van der Waals surface area (Å²) < 4.78 is 55.3. The van der Waals surface area contributed by atoms with E-state index in [2.05, 4.69) is 15.0 Å². The highest BCUT2D eigenvalue weighted by Gasteiger charge is 2.32. The third kappa shape index (κ3) is 4.72. The van der Waals surface area contributed by atoms with Crippen LogP contribution >= 0.6 is 0 Å². The average Bonchev–Trinajstić information content (AvgIpc) is 3.18. The van der Waals surface area contributed by atoms with Crippen molar-refractivity contribution >= 4 is 20.0 Å². The van der Waals surface area contributed by atoms with Gasteiger partial charge >= 0.3 is 0 Å². The number of hydrogen-bond donors (Lipinski definition) is 1. The maximum atomic E-state index is 12.9. The summed E-state index contributed by atoms with van der Waals surface area (Å²) in [5.74, 6) is 1.14. The predicted octanol–water partition coefficient (Wildman–Crippen LogP) is 1.08. The summed E-state index contributed by atoms with van der Waals surface area (Å²) in [6, 6.07) is 4.78. The number of nitrogens with zero attached hydrogens (tertiary/aromatic N) is 4. The molecule has 0 aliphatic carbocycles. The zero-order chi connectivity index (χ0) is 22.3. The van der Waals surface area contributed by atoms with Gasteiger partial charge in [-0.1, -0.05) is 25.9 Å². The summed E-state index contributed by atoms with van der Waals surface area (Å²) in [5, 5.41) is 9.12. The van der Waals surface area contributed by atoms with Gasteiger partial charge in [-0.2, -0.15) is 9.29 Å². The Kier molecular flexibility index (Phi) is 6.09. The molecule has 1 aromatic carbocycles. The molecule has 0 spiro atoms. The molecule has 0 bridgehead atoms. The lowest BCUT2D eigenvalue weighted by Crippen LogP contribution is -2.49. The van der Waals surface area contributed by atoms with E-state index in [9.17, 15) is 16.8 Å². The molecule has 1 aromatic heterocycles. The highest BCUT2D eigenvalue weighted by atomic mass is 32.2. The van der Waals surface area contributed by atoms with Crippen LogP contribution in [0.5, 0.6) is 0 Å². The van der Waals surface area contributed by atoms with E-state index >= 15 is 0 Å². The van der Waals surface area contributed by atoms with Crippen molar-refractivity contribution < 1.29 is 21.4 Å². The lowest BCUT2D eigenvalue weighted by molar-refractivity contribution is 0.124. The van der Waals surface area contributed by atoms with Crippen molar-refractivity contribution in [3.63, 3.8) is 0 Å². The summed E-state index contributed by atoms with van der Waals surface area (Å²) in [4.78, 5) is 6.48. The Hall–Kier alpha value is -1.86. The number of piperazine rings is 1. The van der Waals surface area contributed by atoms with E-state index in [0.717, 1.165) is 0 Å². The molecule has 12 heteroatoms.